The summed E-state index contributed by atoms with van der Waals surface area (Å²) >= 11 is 0. The second-order valence-corrected chi connectivity index (χ2v) is 5.98. The van der Waals surface area contributed by atoms with Crippen molar-refractivity contribution in [3.63, 3.8) is 0 Å². The molecule has 3 nitrogen and oxygen atoms in total. The largest absolute Gasteiger partial charge is 0.489 e. The molecule has 0 aromatic heterocycles. The van der Waals surface area contributed by atoms with Crippen LogP contribution in [0.1, 0.15) is 16.7 Å². The number of rotatable bonds is 6. The predicted molar refractivity (Wildman–Crippen MR) is 106 cm³/mol. The monoisotopic (exact) mass is 343 g/mol. The van der Waals surface area contributed by atoms with Gasteiger partial charge in [-0.3, -0.25) is 4.79 Å². The van der Waals surface area contributed by atoms with Crippen molar-refractivity contribution in [1.82, 2.24) is 0 Å². The Morgan fingerprint density at radius 1 is 0.962 bits per heavy atom. The van der Waals surface area contributed by atoms with Crippen LogP contribution in [0, 0.1) is 6.92 Å². The number of benzene rings is 3. The van der Waals surface area contributed by atoms with E-state index >= 15 is 0 Å². The zero-order chi connectivity index (χ0) is 18.2. The zero-order valence-corrected chi connectivity index (χ0v) is 14.7. The highest BCUT2D eigenvalue weighted by molar-refractivity contribution is 6.02. The van der Waals surface area contributed by atoms with E-state index in [0.29, 0.717) is 6.61 Å². The van der Waals surface area contributed by atoms with E-state index in [0.717, 1.165) is 28.1 Å². The van der Waals surface area contributed by atoms with E-state index in [-0.39, 0.29) is 5.91 Å². The number of aryl methyl sites for hydroxylation is 1. The van der Waals surface area contributed by atoms with Crippen molar-refractivity contribution in [2.24, 2.45) is 0 Å². The topological polar surface area (TPSA) is 38.3 Å². The summed E-state index contributed by atoms with van der Waals surface area (Å²) in [5.74, 6) is 0.616. The fourth-order valence-corrected chi connectivity index (χ4v) is 2.51. The molecule has 0 heterocycles. The molecule has 3 aromatic rings. The van der Waals surface area contributed by atoms with Crippen LogP contribution < -0.4 is 10.1 Å². The molecular formula is C23H21NO2. The number of amides is 1. The Labute approximate surface area is 154 Å². The van der Waals surface area contributed by atoms with E-state index in [9.17, 15) is 4.79 Å². The first-order valence-electron chi connectivity index (χ1n) is 8.52. The molecule has 0 aliphatic heterocycles. The van der Waals surface area contributed by atoms with Gasteiger partial charge in [-0.25, -0.2) is 0 Å². The van der Waals surface area contributed by atoms with E-state index in [4.69, 9.17) is 4.74 Å². The molecule has 0 aliphatic rings. The lowest BCUT2D eigenvalue weighted by molar-refractivity contribution is -0.111. The number of para-hydroxylation sites is 1. The molecule has 0 saturated carbocycles. The van der Waals surface area contributed by atoms with Gasteiger partial charge in [0.15, 0.2) is 0 Å². The van der Waals surface area contributed by atoms with Crippen molar-refractivity contribution in [1.29, 1.82) is 0 Å². The first-order chi connectivity index (χ1) is 12.7. The molecule has 0 fully saturated rings. The Morgan fingerprint density at radius 2 is 1.73 bits per heavy atom. The quantitative estimate of drug-likeness (QED) is 0.623. The molecule has 0 spiro atoms. The Balaban J connectivity index is 1.60. The summed E-state index contributed by atoms with van der Waals surface area (Å²) in [7, 11) is 0. The summed E-state index contributed by atoms with van der Waals surface area (Å²) < 4.78 is 5.82. The number of carbonyl (C=O) groups excluding carboxylic acids is 1. The van der Waals surface area contributed by atoms with Crippen molar-refractivity contribution >= 4 is 17.7 Å². The molecule has 0 bridgehead atoms. The minimum Gasteiger partial charge on any atom is -0.489 e. The molecule has 3 heteroatoms. The van der Waals surface area contributed by atoms with Gasteiger partial charge in [-0.1, -0.05) is 60.7 Å². The van der Waals surface area contributed by atoms with Crippen LogP contribution in [0.15, 0.2) is 84.9 Å². The number of carbonyl (C=O) groups is 1. The first-order valence-corrected chi connectivity index (χ1v) is 8.52. The van der Waals surface area contributed by atoms with Crippen LogP contribution in [0.3, 0.4) is 0 Å². The van der Waals surface area contributed by atoms with Crippen molar-refractivity contribution in [2.75, 3.05) is 5.32 Å². The van der Waals surface area contributed by atoms with Gasteiger partial charge in [-0.05, 0) is 47.9 Å². The van der Waals surface area contributed by atoms with Crippen molar-refractivity contribution in [3.8, 4) is 5.75 Å². The third-order valence-corrected chi connectivity index (χ3v) is 3.94. The van der Waals surface area contributed by atoms with E-state index in [1.54, 1.807) is 6.08 Å². The van der Waals surface area contributed by atoms with Crippen molar-refractivity contribution in [3.05, 3.63) is 102 Å². The standard InChI is InChI=1S/C23H21NO2/c1-18-8-5-6-13-22(18)24-23(25)15-14-19-11-7-12-21(16-19)26-17-20-9-3-2-4-10-20/h2-16H,17H2,1H3,(H,24,25)/b15-14+. The van der Waals surface area contributed by atoms with Crippen molar-refractivity contribution in [2.45, 2.75) is 13.5 Å². The summed E-state index contributed by atoms with van der Waals surface area (Å²) in [6.07, 6.45) is 3.31. The predicted octanol–water partition coefficient (Wildman–Crippen LogP) is 5.23. The van der Waals surface area contributed by atoms with E-state index < -0.39 is 0 Å². The Bertz CT molecular complexity index is 901. The molecule has 3 rings (SSSR count). The average molecular weight is 343 g/mol. The summed E-state index contributed by atoms with van der Waals surface area (Å²) in [6.45, 7) is 2.48. The number of hydrogen-bond acceptors (Lipinski definition) is 2. The average Bonchev–Trinajstić information content (AvgIpc) is 2.68. The molecule has 0 radical (unpaired) electrons. The highest BCUT2D eigenvalue weighted by Crippen LogP contribution is 2.17. The van der Waals surface area contributed by atoms with Crippen LogP contribution >= 0.6 is 0 Å². The molecule has 0 unspecified atom stereocenters. The number of anilines is 1. The number of hydrogen-bond donors (Lipinski definition) is 1. The molecule has 3 aromatic carbocycles. The Kier molecular flexibility index (Phi) is 5.84. The van der Waals surface area contributed by atoms with Gasteiger partial charge in [-0.15, -0.1) is 0 Å². The smallest absolute Gasteiger partial charge is 0.248 e. The second kappa shape index (κ2) is 8.67. The second-order valence-electron chi connectivity index (χ2n) is 5.98. The lowest BCUT2D eigenvalue weighted by Crippen LogP contribution is -2.08. The fourth-order valence-electron chi connectivity index (χ4n) is 2.51. The maximum Gasteiger partial charge on any atom is 0.248 e. The minimum absolute atomic E-state index is 0.157. The van der Waals surface area contributed by atoms with Gasteiger partial charge in [0, 0.05) is 11.8 Å². The lowest BCUT2D eigenvalue weighted by Gasteiger charge is -2.07. The van der Waals surface area contributed by atoms with Crippen LogP contribution in [0.5, 0.6) is 5.75 Å². The van der Waals surface area contributed by atoms with Crippen LogP contribution in [-0.2, 0) is 11.4 Å². The maximum atomic E-state index is 12.1. The summed E-state index contributed by atoms with van der Waals surface area (Å²) in [5.41, 5.74) is 3.88. The van der Waals surface area contributed by atoms with Gasteiger partial charge in [-0.2, -0.15) is 0 Å². The summed E-state index contributed by atoms with van der Waals surface area (Å²) in [4.78, 5) is 12.1. The van der Waals surface area contributed by atoms with E-state index in [1.807, 2.05) is 85.8 Å². The number of nitrogens with one attached hydrogen (secondary N) is 1. The fraction of sp³-hybridized carbons (Fsp3) is 0.0870. The highest BCUT2D eigenvalue weighted by atomic mass is 16.5. The van der Waals surface area contributed by atoms with Crippen LogP contribution in [0.2, 0.25) is 0 Å². The van der Waals surface area contributed by atoms with Crippen molar-refractivity contribution < 1.29 is 9.53 Å². The first kappa shape index (κ1) is 17.5. The van der Waals surface area contributed by atoms with Crippen LogP contribution in [-0.4, -0.2) is 5.91 Å². The molecule has 0 atom stereocenters. The lowest BCUT2D eigenvalue weighted by atomic mass is 10.2. The zero-order valence-electron chi connectivity index (χ0n) is 14.7. The van der Waals surface area contributed by atoms with Gasteiger partial charge >= 0.3 is 0 Å². The third kappa shape index (κ3) is 5.08. The molecule has 1 amide bonds. The van der Waals surface area contributed by atoms with Gasteiger partial charge in [0.2, 0.25) is 5.91 Å². The Hall–Kier alpha value is -3.33. The Morgan fingerprint density at radius 3 is 2.54 bits per heavy atom. The maximum absolute atomic E-state index is 12.1. The van der Waals surface area contributed by atoms with Crippen LogP contribution in [0.4, 0.5) is 5.69 Å². The molecule has 26 heavy (non-hydrogen) atoms. The normalized spacial score (nSPS) is 10.7. The van der Waals surface area contributed by atoms with Gasteiger partial charge in [0.1, 0.15) is 12.4 Å². The molecule has 1 N–H and O–H groups in total. The highest BCUT2D eigenvalue weighted by Gasteiger charge is 2.01. The molecule has 0 aliphatic carbocycles. The molecular weight excluding hydrogens is 322 g/mol. The summed E-state index contributed by atoms with van der Waals surface area (Å²) in [6, 6.07) is 25.4. The summed E-state index contributed by atoms with van der Waals surface area (Å²) in [5, 5.41) is 2.88. The van der Waals surface area contributed by atoms with Crippen LogP contribution in [0.25, 0.3) is 6.08 Å². The van der Waals surface area contributed by atoms with E-state index in [2.05, 4.69) is 5.32 Å². The number of ether oxygens (including phenoxy) is 1. The minimum atomic E-state index is -0.157. The SMILES string of the molecule is Cc1ccccc1NC(=O)/C=C/c1cccc(OCc2ccccc2)c1. The van der Waals surface area contributed by atoms with Gasteiger partial charge in [0.05, 0.1) is 0 Å². The third-order valence-electron chi connectivity index (χ3n) is 3.94. The molecule has 0 saturated heterocycles. The van der Waals surface area contributed by atoms with Gasteiger partial charge < -0.3 is 10.1 Å². The van der Waals surface area contributed by atoms with E-state index in [1.165, 1.54) is 6.08 Å². The molecule has 130 valence electrons. The van der Waals surface area contributed by atoms with Gasteiger partial charge in [0.25, 0.3) is 0 Å².